The Hall–Kier alpha value is -1.27. The Morgan fingerprint density at radius 3 is 3.20 bits per heavy atom. The third kappa shape index (κ3) is 3.24. The predicted molar refractivity (Wildman–Crippen MR) is 78.8 cm³/mol. The van der Waals surface area contributed by atoms with Gasteiger partial charge in [-0.25, -0.2) is 0 Å². The van der Waals surface area contributed by atoms with Crippen molar-refractivity contribution < 1.29 is 4.42 Å². The number of aromatic nitrogens is 3. The molecule has 0 spiro atoms. The van der Waals surface area contributed by atoms with Crippen LogP contribution in [0.3, 0.4) is 0 Å². The van der Waals surface area contributed by atoms with Gasteiger partial charge in [0.05, 0.1) is 12.8 Å². The van der Waals surface area contributed by atoms with Crippen LogP contribution in [0.1, 0.15) is 25.0 Å². The van der Waals surface area contributed by atoms with E-state index in [0.29, 0.717) is 6.54 Å². The minimum Gasteiger partial charge on any atom is -0.467 e. The first-order valence-electron chi connectivity index (χ1n) is 7.06. The summed E-state index contributed by atoms with van der Waals surface area (Å²) in [5.41, 5.74) is 0. The summed E-state index contributed by atoms with van der Waals surface area (Å²) < 4.78 is 7.41. The summed E-state index contributed by atoms with van der Waals surface area (Å²) in [6.45, 7) is 1.94. The molecule has 0 bridgehead atoms. The largest absolute Gasteiger partial charge is 0.467 e. The maximum atomic E-state index is 5.37. The molecule has 1 atom stereocenters. The molecule has 5 nitrogen and oxygen atoms in total. The Labute approximate surface area is 123 Å². The normalized spacial score (nSPS) is 19.8. The highest BCUT2D eigenvalue weighted by molar-refractivity contribution is 7.99. The number of furan rings is 1. The van der Waals surface area contributed by atoms with Gasteiger partial charge in [-0.15, -0.1) is 10.2 Å². The van der Waals surface area contributed by atoms with Gasteiger partial charge < -0.3 is 13.9 Å². The lowest BCUT2D eigenvalue weighted by molar-refractivity contribution is 0.305. The highest BCUT2D eigenvalue weighted by Gasteiger charge is 2.20. The van der Waals surface area contributed by atoms with Crippen molar-refractivity contribution in [3.05, 3.63) is 30.5 Å². The number of hydrogen-bond acceptors (Lipinski definition) is 5. The maximum absolute atomic E-state index is 5.37. The molecular formula is C14H20N4OS. The van der Waals surface area contributed by atoms with Gasteiger partial charge in [0.15, 0.2) is 5.16 Å². The van der Waals surface area contributed by atoms with Crippen molar-refractivity contribution in [1.82, 2.24) is 19.7 Å². The number of rotatable bonds is 6. The van der Waals surface area contributed by atoms with Crippen molar-refractivity contribution in [3.8, 4) is 0 Å². The second-order valence-corrected chi connectivity index (χ2v) is 6.30. The van der Waals surface area contributed by atoms with Gasteiger partial charge in [-0.2, -0.15) is 0 Å². The Bertz CT molecular complexity index is 525. The van der Waals surface area contributed by atoms with Crippen molar-refractivity contribution in [1.29, 1.82) is 0 Å². The van der Waals surface area contributed by atoms with Crippen LogP contribution in [0.2, 0.25) is 0 Å². The minimum atomic E-state index is 0.700. The fourth-order valence-corrected chi connectivity index (χ4v) is 3.62. The quantitative estimate of drug-likeness (QED) is 0.766. The molecule has 3 heterocycles. The zero-order valence-corrected chi connectivity index (χ0v) is 12.6. The van der Waals surface area contributed by atoms with Gasteiger partial charge in [0, 0.05) is 11.8 Å². The van der Waals surface area contributed by atoms with Gasteiger partial charge in [0.1, 0.15) is 12.1 Å². The Morgan fingerprint density at radius 2 is 2.45 bits per heavy atom. The molecule has 2 aromatic rings. The average molecular weight is 292 g/mol. The zero-order chi connectivity index (χ0) is 13.8. The fourth-order valence-electron chi connectivity index (χ4n) is 2.67. The molecule has 0 aromatic carbocycles. The smallest absolute Gasteiger partial charge is 0.191 e. The van der Waals surface area contributed by atoms with Crippen LogP contribution in [0.5, 0.6) is 0 Å². The third-order valence-corrected chi connectivity index (χ3v) is 4.85. The van der Waals surface area contributed by atoms with Crippen molar-refractivity contribution in [2.24, 2.45) is 0 Å². The third-order valence-electron chi connectivity index (χ3n) is 3.84. The van der Waals surface area contributed by atoms with Crippen molar-refractivity contribution in [2.45, 2.75) is 37.0 Å². The first kappa shape index (κ1) is 13.7. The van der Waals surface area contributed by atoms with Crippen LogP contribution in [0.25, 0.3) is 0 Å². The molecule has 0 radical (unpaired) electrons. The van der Waals surface area contributed by atoms with Gasteiger partial charge in [-0.3, -0.25) is 0 Å². The molecule has 0 N–H and O–H groups in total. The Balaban J connectivity index is 1.51. The van der Waals surface area contributed by atoms with Crippen LogP contribution in [0.4, 0.5) is 0 Å². The topological polar surface area (TPSA) is 47.1 Å². The fraction of sp³-hybridized carbons (Fsp3) is 0.571. The van der Waals surface area contributed by atoms with Gasteiger partial charge in [-0.1, -0.05) is 11.8 Å². The molecule has 1 fully saturated rings. The molecule has 0 saturated carbocycles. The summed E-state index contributed by atoms with van der Waals surface area (Å²) in [6.07, 6.45) is 7.35. The standard InChI is InChI=1S/C14H20N4OS/c1-17-7-2-4-12(17)6-9-20-14-16-15-11-18(14)10-13-5-3-8-19-13/h3,5,8,11-12H,2,4,6-7,9-10H2,1H3/t12-/m1/s1. The summed E-state index contributed by atoms with van der Waals surface area (Å²) in [5.74, 6) is 2.02. The van der Waals surface area contributed by atoms with E-state index in [2.05, 4.69) is 22.1 Å². The van der Waals surface area contributed by atoms with E-state index in [-0.39, 0.29) is 0 Å². The molecule has 0 unspecified atom stereocenters. The minimum absolute atomic E-state index is 0.700. The van der Waals surface area contributed by atoms with E-state index in [1.54, 1.807) is 24.4 Å². The Morgan fingerprint density at radius 1 is 1.50 bits per heavy atom. The molecule has 1 saturated heterocycles. The van der Waals surface area contributed by atoms with Crippen LogP contribution in [-0.4, -0.2) is 45.1 Å². The van der Waals surface area contributed by atoms with Crippen molar-refractivity contribution in [3.63, 3.8) is 0 Å². The van der Waals surface area contributed by atoms with E-state index in [9.17, 15) is 0 Å². The van der Waals surface area contributed by atoms with Crippen LogP contribution in [0, 0.1) is 0 Å². The second-order valence-electron chi connectivity index (χ2n) is 5.23. The highest BCUT2D eigenvalue weighted by Crippen LogP contribution is 2.23. The molecule has 108 valence electrons. The summed E-state index contributed by atoms with van der Waals surface area (Å²) >= 11 is 1.79. The first-order valence-corrected chi connectivity index (χ1v) is 8.05. The highest BCUT2D eigenvalue weighted by atomic mass is 32.2. The zero-order valence-electron chi connectivity index (χ0n) is 11.7. The molecule has 2 aromatic heterocycles. The van der Waals surface area contributed by atoms with Crippen LogP contribution < -0.4 is 0 Å². The maximum Gasteiger partial charge on any atom is 0.191 e. The molecule has 0 aliphatic carbocycles. The molecule has 6 heteroatoms. The molecular weight excluding hydrogens is 272 g/mol. The predicted octanol–water partition coefficient (Wildman–Crippen LogP) is 2.50. The monoisotopic (exact) mass is 292 g/mol. The SMILES string of the molecule is CN1CCC[C@@H]1CCSc1nncn1Cc1ccco1. The van der Waals surface area contributed by atoms with Gasteiger partial charge in [-0.05, 0) is 45.0 Å². The number of thioether (sulfide) groups is 1. The van der Waals surface area contributed by atoms with E-state index in [1.807, 2.05) is 16.7 Å². The van der Waals surface area contributed by atoms with Crippen LogP contribution in [-0.2, 0) is 6.54 Å². The molecule has 1 aliphatic heterocycles. The molecule has 20 heavy (non-hydrogen) atoms. The van der Waals surface area contributed by atoms with Gasteiger partial charge in [0.25, 0.3) is 0 Å². The number of nitrogens with zero attached hydrogens (tertiary/aromatic N) is 4. The van der Waals surface area contributed by atoms with E-state index < -0.39 is 0 Å². The number of likely N-dealkylation sites (tertiary alicyclic amines) is 1. The van der Waals surface area contributed by atoms with Crippen LogP contribution >= 0.6 is 11.8 Å². The lowest BCUT2D eigenvalue weighted by Crippen LogP contribution is -2.25. The summed E-state index contributed by atoms with van der Waals surface area (Å²) in [4.78, 5) is 2.47. The first-order chi connectivity index (χ1) is 9.83. The van der Waals surface area contributed by atoms with E-state index in [1.165, 1.54) is 25.8 Å². The molecule has 1 aliphatic rings. The Kier molecular flexibility index (Phi) is 4.42. The van der Waals surface area contributed by atoms with Gasteiger partial charge in [0.2, 0.25) is 0 Å². The summed E-state index contributed by atoms with van der Waals surface area (Å²) in [6, 6.07) is 4.62. The average Bonchev–Trinajstić information content (AvgIpc) is 3.15. The van der Waals surface area contributed by atoms with Crippen LogP contribution in [0.15, 0.2) is 34.3 Å². The van der Waals surface area contributed by atoms with Crippen molar-refractivity contribution in [2.75, 3.05) is 19.3 Å². The molecule has 3 rings (SSSR count). The van der Waals surface area contributed by atoms with E-state index in [0.717, 1.165) is 22.7 Å². The van der Waals surface area contributed by atoms with E-state index in [4.69, 9.17) is 4.42 Å². The lowest BCUT2D eigenvalue weighted by Gasteiger charge is -2.18. The van der Waals surface area contributed by atoms with Gasteiger partial charge >= 0.3 is 0 Å². The van der Waals surface area contributed by atoms with Crippen molar-refractivity contribution >= 4 is 11.8 Å². The summed E-state index contributed by atoms with van der Waals surface area (Å²) in [5, 5.41) is 9.18. The second kappa shape index (κ2) is 6.45. The lowest BCUT2D eigenvalue weighted by atomic mass is 10.2. The summed E-state index contributed by atoms with van der Waals surface area (Å²) in [7, 11) is 2.22. The van der Waals surface area contributed by atoms with E-state index >= 15 is 0 Å². The molecule has 0 amide bonds. The number of hydrogen-bond donors (Lipinski definition) is 0.